The maximum atomic E-state index is 13.8. The number of rotatable bonds is 2. The molecule has 2 aromatic rings. The van der Waals surface area contributed by atoms with Crippen molar-refractivity contribution in [2.24, 2.45) is 0 Å². The SMILES string of the molecule is CN(C(=O)c1cccc(Br)c1F)c1ccncc1. The quantitative estimate of drug-likeness (QED) is 0.853. The molecule has 0 aliphatic rings. The second-order valence-electron chi connectivity index (χ2n) is 3.67. The number of aromatic nitrogens is 1. The molecule has 0 spiro atoms. The smallest absolute Gasteiger partial charge is 0.261 e. The van der Waals surface area contributed by atoms with E-state index < -0.39 is 11.7 Å². The minimum atomic E-state index is -0.552. The number of anilines is 1. The molecule has 0 N–H and O–H groups in total. The molecule has 0 aliphatic heterocycles. The molecular formula is C13H10BrFN2O. The monoisotopic (exact) mass is 308 g/mol. The Hall–Kier alpha value is -1.75. The van der Waals surface area contributed by atoms with E-state index in [4.69, 9.17) is 0 Å². The molecule has 0 bridgehead atoms. The topological polar surface area (TPSA) is 33.2 Å². The fourth-order valence-corrected chi connectivity index (χ4v) is 1.90. The number of amides is 1. The second-order valence-corrected chi connectivity index (χ2v) is 4.53. The van der Waals surface area contributed by atoms with Gasteiger partial charge in [-0.05, 0) is 40.2 Å². The molecule has 1 aromatic carbocycles. The molecule has 3 nitrogen and oxygen atoms in total. The Bertz CT molecular complexity index is 574. The van der Waals surface area contributed by atoms with E-state index in [1.807, 2.05) is 0 Å². The van der Waals surface area contributed by atoms with Gasteiger partial charge in [0.1, 0.15) is 5.82 Å². The minimum absolute atomic E-state index is 0.0312. The summed E-state index contributed by atoms with van der Waals surface area (Å²) in [4.78, 5) is 17.4. The van der Waals surface area contributed by atoms with Gasteiger partial charge in [0.25, 0.3) is 5.91 Å². The molecule has 92 valence electrons. The van der Waals surface area contributed by atoms with Gasteiger partial charge in [0.05, 0.1) is 10.0 Å². The largest absolute Gasteiger partial charge is 0.311 e. The Kier molecular flexibility index (Phi) is 3.72. The van der Waals surface area contributed by atoms with Crippen LogP contribution in [0.1, 0.15) is 10.4 Å². The van der Waals surface area contributed by atoms with Crippen LogP contribution in [0.2, 0.25) is 0 Å². The van der Waals surface area contributed by atoms with E-state index in [1.54, 1.807) is 43.7 Å². The average molecular weight is 309 g/mol. The summed E-state index contributed by atoms with van der Waals surface area (Å²) in [6.45, 7) is 0. The van der Waals surface area contributed by atoms with Crippen molar-refractivity contribution in [2.75, 3.05) is 11.9 Å². The maximum Gasteiger partial charge on any atom is 0.261 e. The number of pyridine rings is 1. The fraction of sp³-hybridized carbons (Fsp3) is 0.0769. The number of nitrogens with zero attached hydrogens (tertiary/aromatic N) is 2. The third-order valence-electron chi connectivity index (χ3n) is 2.54. The van der Waals surface area contributed by atoms with Crippen LogP contribution in [0.3, 0.4) is 0 Å². The lowest BCUT2D eigenvalue weighted by Crippen LogP contribution is -2.27. The Morgan fingerprint density at radius 1 is 1.28 bits per heavy atom. The van der Waals surface area contributed by atoms with Crippen LogP contribution in [0.4, 0.5) is 10.1 Å². The van der Waals surface area contributed by atoms with Gasteiger partial charge in [-0.3, -0.25) is 9.78 Å². The first kappa shape index (κ1) is 12.7. The van der Waals surface area contributed by atoms with Gasteiger partial charge in [-0.25, -0.2) is 4.39 Å². The average Bonchev–Trinajstić information content (AvgIpc) is 2.41. The van der Waals surface area contributed by atoms with E-state index in [1.165, 1.54) is 11.0 Å². The molecule has 18 heavy (non-hydrogen) atoms. The Morgan fingerprint density at radius 3 is 2.61 bits per heavy atom. The van der Waals surface area contributed by atoms with Gasteiger partial charge < -0.3 is 4.90 Å². The number of halogens is 2. The molecular weight excluding hydrogens is 299 g/mol. The van der Waals surface area contributed by atoms with E-state index in [2.05, 4.69) is 20.9 Å². The molecule has 0 saturated heterocycles. The molecule has 0 aliphatic carbocycles. The molecule has 0 unspecified atom stereocenters. The van der Waals surface area contributed by atoms with Gasteiger partial charge in [0.2, 0.25) is 0 Å². The van der Waals surface area contributed by atoms with Crippen LogP contribution >= 0.6 is 15.9 Å². The Labute approximate surface area is 112 Å². The zero-order valence-corrected chi connectivity index (χ0v) is 11.2. The summed E-state index contributed by atoms with van der Waals surface area (Å²) in [7, 11) is 1.60. The van der Waals surface area contributed by atoms with E-state index in [-0.39, 0.29) is 10.0 Å². The van der Waals surface area contributed by atoms with Crippen LogP contribution in [-0.2, 0) is 0 Å². The summed E-state index contributed by atoms with van der Waals surface area (Å²) in [6, 6.07) is 8.01. The number of hydrogen-bond donors (Lipinski definition) is 0. The third-order valence-corrected chi connectivity index (χ3v) is 3.15. The van der Waals surface area contributed by atoms with Crippen molar-refractivity contribution in [3.8, 4) is 0 Å². The molecule has 0 fully saturated rings. The van der Waals surface area contributed by atoms with E-state index in [0.29, 0.717) is 5.69 Å². The fourth-order valence-electron chi connectivity index (χ4n) is 1.53. The summed E-state index contributed by atoms with van der Waals surface area (Å²) in [5.41, 5.74) is 0.693. The van der Waals surface area contributed by atoms with Gasteiger partial charge in [0, 0.05) is 25.1 Å². The van der Waals surface area contributed by atoms with Gasteiger partial charge in [-0.15, -0.1) is 0 Å². The van der Waals surface area contributed by atoms with Crippen molar-refractivity contribution in [3.63, 3.8) is 0 Å². The zero-order chi connectivity index (χ0) is 13.1. The van der Waals surface area contributed by atoms with Gasteiger partial charge in [-0.2, -0.15) is 0 Å². The van der Waals surface area contributed by atoms with Crippen LogP contribution in [0.5, 0.6) is 0 Å². The van der Waals surface area contributed by atoms with Crippen molar-refractivity contribution in [3.05, 3.63) is 58.6 Å². The normalized spacial score (nSPS) is 10.2. The highest BCUT2D eigenvalue weighted by molar-refractivity contribution is 9.10. The number of hydrogen-bond acceptors (Lipinski definition) is 2. The second kappa shape index (κ2) is 5.27. The highest BCUT2D eigenvalue weighted by Gasteiger charge is 2.18. The molecule has 0 atom stereocenters. The first-order chi connectivity index (χ1) is 8.61. The summed E-state index contributed by atoms with van der Waals surface area (Å²) in [5.74, 6) is -0.955. The van der Waals surface area contributed by atoms with Crippen LogP contribution in [0, 0.1) is 5.82 Å². The van der Waals surface area contributed by atoms with Crippen LogP contribution in [0.15, 0.2) is 47.2 Å². The standard InChI is InChI=1S/C13H10BrFN2O/c1-17(9-5-7-16-8-6-9)13(18)10-3-2-4-11(14)12(10)15/h2-8H,1H3. The van der Waals surface area contributed by atoms with E-state index >= 15 is 0 Å². The van der Waals surface area contributed by atoms with E-state index in [9.17, 15) is 9.18 Å². The molecule has 0 saturated carbocycles. The summed E-state index contributed by atoms with van der Waals surface area (Å²) in [5, 5.41) is 0. The van der Waals surface area contributed by atoms with E-state index in [0.717, 1.165) is 0 Å². The Balaban J connectivity index is 2.35. The summed E-state index contributed by atoms with van der Waals surface area (Å²) < 4.78 is 14.1. The minimum Gasteiger partial charge on any atom is -0.311 e. The van der Waals surface area contributed by atoms with Crippen LogP contribution < -0.4 is 4.90 Å². The zero-order valence-electron chi connectivity index (χ0n) is 9.60. The molecule has 2 rings (SSSR count). The summed E-state index contributed by atoms with van der Waals surface area (Å²) >= 11 is 3.06. The highest BCUT2D eigenvalue weighted by atomic mass is 79.9. The number of benzene rings is 1. The summed E-state index contributed by atoms with van der Waals surface area (Å²) in [6.07, 6.45) is 3.16. The van der Waals surface area contributed by atoms with Crippen molar-refractivity contribution in [1.82, 2.24) is 4.98 Å². The first-order valence-corrected chi connectivity index (χ1v) is 6.02. The predicted molar refractivity (Wildman–Crippen MR) is 71.1 cm³/mol. The van der Waals surface area contributed by atoms with Crippen molar-refractivity contribution in [1.29, 1.82) is 0 Å². The Morgan fingerprint density at radius 2 is 1.94 bits per heavy atom. The maximum absolute atomic E-state index is 13.8. The van der Waals surface area contributed by atoms with Gasteiger partial charge >= 0.3 is 0 Å². The molecule has 1 heterocycles. The highest BCUT2D eigenvalue weighted by Crippen LogP contribution is 2.21. The van der Waals surface area contributed by atoms with Crippen LogP contribution in [-0.4, -0.2) is 17.9 Å². The van der Waals surface area contributed by atoms with Crippen LogP contribution in [0.25, 0.3) is 0 Å². The lowest BCUT2D eigenvalue weighted by molar-refractivity contribution is 0.0989. The van der Waals surface area contributed by atoms with Crippen molar-refractivity contribution in [2.45, 2.75) is 0 Å². The predicted octanol–water partition coefficient (Wildman–Crippen LogP) is 3.26. The third kappa shape index (κ3) is 2.41. The first-order valence-electron chi connectivity index (χ1n) is 5.23. The van der Waals surface area contributed by atoms with Crippen molar-refractivity contribution >= 4 is 27.5 Å². The molecule has 0 radical (unpaired) electrons. The van der Waals surface area contributed by atoms with Crippen molar-refractivity contribution < 1.29 is 9.18 Å². The molecule has 1 amide bonds. The lowest BCUT2D eigenvalue weighted by Gasteiger charge is -2.17. The molecule has 1 aromatic heterocycles. The van der Waals surface area contributed by atoms with Gasteiger partial charge in [-0.1, -0.05) is 6.07 Å². The number of carbonyl (C=O) groups excluding carboxylic acids is 1. The van der Waals surface area contributed by atoms with Gasteiger partial charge in [0.15, 0.2) is 0 Å². The molecule has 5 heteroatoms. The number of carbonyl (C=O) groups is 1. The lowest BCUT2D eigenvalue weighted by atomic mass is 10.2.